The van der Waals surface area contributed by atoms with Crippen LogP contribution in [0.3, 0.4) is 0 Å². The second kappa shape index (κ2) is 7.49. The first-order valence-corrected chi connectivity index (χ1v) is 8.49. The van der Waals surface area contributed by atoms with Gasteiger partial charge in [-0.3, -0.25) is 0 Å². The van der Waals surface area contributed by atoms with Crippen LogP contribution in [0.5, 0.6) is 11.5 Å². The Balaban J connectivity index is 2.47. The Morgan fingerprint density at radius 2 is 2.05 bits per heavy atom. The molecule has 0 bridgehead atoms. The number of rotatable bonds is 6. The summed E-state index contributed by atoms with van der Waals surface area (Å²) in [6.45, 7) is 2.92. The summed E-state index contributed by atoms with van der Waals surface area (Å²) in [5, 5.41) is 3.48. The van der Waals surface area contributed by atoms with Crippen LogP contribution in [-0.4, -0.2) is 20.8 Å². The van der Waals surface area contributed by atoms with Crippen molar-refractivity contribution in [1.82, 2.24) is 5.32 Å². The van der Waals surface area contributed by atoms with Crippen LogP contribution in [0.1, 0.15) is 23.4 Å². The first-order valence-electron chi connectivity index (χ1n) is 6.50. The molecule has 0 radical (unpaired) electrons. The van der Waals surface area contributed by atoms with Gasteiger partial charge in [-0.25, -0.2) is 0 Å². The number of benzene rings is 1. The summed E-state index contributed by atoms with van der Waals surface area (Å²) in [6, 6.07) is 7.93. The van der Waals surface area contributed by atoms with E-state index in [0.29, 0.717) is 0 Å². The second-order valence-electron chi connectivity index (χ2n) is 4.37. The molecule has 2 aromatic rings. The highest BCUT2D eigenvalue weighted by molar-refractivity contribution is 9.10. The Morgan fingerprint density at radius 1 is 1.29 bits per heavy atom. The Kier molecular flexibility index (Phi) is 5.93. The lowest BCUT2D eigenvalue weighted by molar-refractivity contribution is 0.388. The number of ether oxygens (including phenoxy) is 2. The van der Waals surface area contributed by atoms with Crippen molar-refractivity contribution < 1.29 is 9.47 Å². The zero-order valence-electron chi connectivity index (χ0n) is 12.1. The molecule has 6 heteroatoms. The average molecular weight is 391 g/mol. The van der Waals surface area contributed by atoms with Gasteiger partial charge in [-0.1, -0.05) is 18.5 Å². The van der Waals surface area contributed by atoms with Gasteiger partial charge in [0.15, 0.2) is 0 Å². The van der Waals surface area contributed by atoms with E-state index >= 15 is 0 Å². The zero-order valence-corrected chi connectivity index (χ0v) is 15.2. The molecule has 0 saturated carbocycles. The van der Waals surface area contributed by atoms with E-state index < -0.39 is 0 Å². The van der Waals surface area contributed by atoms with Crippen molar-refractivity contribution in [3.63, 3.8) is 0 Å². The van der Waals surface area contributed by atoms with Crippen molar-refractivity contribution in [2.24, 2.45) is 0 Å². The van der Waals surface area contributed by atoms with Crippen LogP contribution >= 0.6 is 38.9 Å². The Labute approximate surface area is 142 Å². The maximum absolute atomic E-state index is 6.18. The Hall–Kier alpha value is -0.750. The highest BCUT2D eigenvalue weighted by atomic mass is 79.9. The van der Waals surface area contributed by atoms with E-state index in [1.54, 1.807) is 25.6 Å². The molecule has 1 aromatic carbocycles. The van der Waals surface area contributed by atoms with E-state index in [1.165, 1.54) is 0 Å². The normalized spacial score (nSPS) is 12.2. The van der Waals surface area contributed by atoms with Crippen LogP contribution in [0.4, 0.5) is 0 Å². The van der Waals surface area contributed by atoms with E-state index in [0.717, 1.165) is 37.3 Å². The van der Waals surface area contributed by atoms with Crippen LogP contribution in [-0.2, 0) is 0 Å². The Bertz CT molecular complexity index is 598. The zero-order chi connectivity index (χ0) is 15.4. The topological polar surface area (TPSA) is 30.5 Å². The van der Waals surface area contributed by atoms with E-state index in [9.17, 15) is 0 Å². The molecular formula is C15H17BrClNO2S. The molecule has 1 heterocycles. The van der Waals surface area contributed by atoms with Crippen LogP contribution in [0.25, 0.3) is 0 Å². The van der Waals surface area contributed by atoms with Gasteiger partial charge in [0.05, 0.1) is 20.3 Å². The molecule has 3 nitrogen and oxygen atoms in total. The fourth-order valence-corrected chi connectivity index (χ4v) is 3.96. The summed E-state index contributed by atoms with van der Waals surface area (Å²) in [5.74, 6) is 1.57. The van der Waals surface area contributed by atoms with Gasteiger partial charge in [-0.2, -0.15) is 0 Å². The minimum absolute atomic E-state index is 0.0321. The molecule has 0 spiro atoms. The first-order chi connectivity index (χ1) is 10.1. The van der Waals surface area contributed by atoms with Gasteiger partial charge >= 0.3 is 0 Å². The van der Waals surface area contributed by atoms with Crippen molar-refractivity contribution in [2.75, 3.05) is 20.8 Å². The maximum atomic E-state index is 6.18. The predicted octanol–water partition coefficient (Wildman–Crippen LogP) is 4.88. The summed E-state index contributed by atoms with van der Waals surface area (Å²) in [6.07, 6.45) is 0. The number of thiophene rings is 1. The molecule has 0 fully saturated rings. The molecule has 1 N–H and O–H groups in total. The van der Waals surface area contributed by atoms with Gasteiger partial charge in [0.2, 0.25) is 0 Å². The van der Waals surface area contributed by atoms with Crippen molar-refractivity contribution in [3.05, 3.63) is 43.5 Å². The third-order valence-corrected chi connectivity index (χ3v) is 5.65. The van der Waals surface area contributed by atoms with Crippen LogP contribution < -0.4 is 14.8 Å². The van der Waals surface area contributed by atoms with E-state index in [2.05, 4.69) is 28.2 Å². The SMILES string of the molecule is CCNC(c1cc(Br)c(Cl)s1)c1ccc(OC)cc1OC. The number of methoxy groups -OCH3 is 2. The molecule has 0 saturated heterocycles. The largest absolute Gasteiger partial charge is 0.497 e. The molecule has 1 unspecified atom stereocenters. The number of hydrogen-bond acceptors (Lipinski definition) is 4. The lowest BCUT2D eigenvalue weighted by Gasteiger charge is -2.20. The second-order valence-corrected chi connectivity index (χ2v) is 6.91. The summed E-state index contributed by atoms with van der Waals surface area (Å²) < 4.78 is 12.4. The van der Waals surface area contributed by atoms with E-state index in [1.807, 2.05) is 24.3 Å². The molecule has 0 aliphatic heterocycles. The number of nitrogens with one attached hydrogen (secondary N) is 1. The highest BCUT2D eigenvalue weighted by Crippen LogP contribution is 2.40. The third-order valence-electron chi connectivity index (χ3n) is 3.11. The van der Waals surface area contributed by atoms with Crippen molar-refractivity contribution in [1.29, 1.82) is 0 Å². The van der Waals surface area contributed by atoms with Gasteiger partial charge in [0.25, 0.3) is 0 Å². The van der Waals surface area contributed by atoms with Gasteiger partial charge in [0, 0.05) is 21.0 Å². The summed E-state index contributed by atoms with van der Waals surface area (Å²) in [5.41, 5.74) is 1.06. The summed E-state index contributed by atoms with van der Waals surface area (Å²) in [7, 11) is 3.31. The van der Waals surface area contributed by atoms with Gasteiger partial charge in [0.1, 0.15) is 15.8 Å². The van der Waals surface area contributed by atoms with E-state index in [4.69, 9.17) is 21.1 Å². The minimum atomic E-state index is 0.0321. The molecule has 21 heavy (non-hydrogen) atoms. The summed E-state index contributed by atoms with van der Waals surface area (Å²) in [4.78, 5) is 1.14. The first kappa shape index (κ1) is 16.6. The smallest absolute Gasteiger partial charge is 0.127 e. The van der Waals surface area contributed by atoms with Crippen LogP contribution in [0, 0.1) is 0 Å². The molecule has 2 rings (SSSR count). The number of halogens is 2. The number of hydrogen-bond donors (Lipinski definition) is 1. The quantitative estimate of drug-likeness (QED) is 0.762. The van der Waals surface area contributed by atoms with E-state index in [-0.39, 0.29) is 6.04 Å². The lowest BCUT2D eigenvalue weighted by atomic mass is 10.0. The van der Waals surface area contributed by atoms with Crippen LogP contribution in [0.15, 0.2) is 28.7 Å². The monoisotopic (exact) mass is 389 g/mol. The van der Waals surface area contributed by atoms with Gasteiger partial charge in [-0.15, -0.1) is 11.3 Å². The van der Waals surface area contributed by atoms with Crippen molar-refractivity contribution in [3.8, 4) is 11.5 Å². The van der Waals surface area contributed by atoms with Crippen molar-refractivity contribution >= 4 is 38.9 Å². The molecule has 1 aromatic heterocycles. The molecule has 0 amide bonds. The van der Waals surface area contributed by atoms with Gasteiger partial charge in [-0.05, 0) is 40.7 Å². The third kappa shape index (κ3) is 3.72. The highest BCUT2D eigenvalue weighted by Gasteiger charge is 2.21. The average Bonchev–Trinajstić information content (AvgIpc) is 2.83. The van der Waals surface area contributed by atoms with Gasteiger partial charge < -0.3 is 14.8 Å². The molecule has 0 aliphatic rings. The molecule has 114 valence electrons. The van der Waals surface area contributed by atoms with Crippen LogP contribution in [0.2, 0.25) is 4.34 Å². The minimum Gasteiger partial charge on any atom is -0.497 e. The predicted molar refractivity (Wildman–Crippen MR) is 92.1 cm³/mol. The Morgan fingerprint density at radius 3 is 2.57 bits per heavy atom. The molecular weight excluding hydrogens is 374 g/mol. The summed E-state index contributed by atoms with van der Waals surface area (Å²) >= 11 is 11.2. The molecule has 0 aliphatic carbocycles. The maximum Gasteiger partial charge on any atom is 0.127 e. The standard InChI is InChI=1S/C15H17BrClNO2S/c1-4-18-14(13-8-11(16)15(17)21-13)10-6-5-9(19-2)7-12(10)20-3/h5-8,14,18H,4H2,1-3H3. The lowest BCUT2D eigenvalue weighted by Crippen LogP contribution is -2.21. The van der Waals surface area contributed by atoms with Crippen molar-refractivity contribution in [2.45, 2.75) is 13.0 Å². The fourth-order valence-electron chi connectivity index (χ4n) is 2.13. The molecule has 1 atom stereocenters. The fraction of sp³-hybridized carbons (Fsp3) is 0.333.